The second kappa shape index (κ2) is 8.26. The molecule has 2 aromatic rings. The number of carbonyl (C=O) groups excluding carboxylic acids is 1. The van der Waals surface area contributed by atoms with Crippen molar-refractivity contribution in [3.63, 3.8) is 0 Å². The van der Waals surface area contributed by atoms with Crippen LogP contribution in [0.3, 0.4) is 0 Å². The van der Waals surface area contributed by atoms with E-state index in [1.54, 1.807) is 6.20 Å². The maximum atomic E-state index is 12.7. The van der Waals surface area contributed by atoms with E-state index >= 15 is 0 Å². The zero-order chi connectivity index (χ0) is 19.6. The monoisotopic (exact) mass is 395 g/mol. The van der Waals surface area contributed by atoms with Crippen molar-refractivity contribution in [1.82, 2.24) is 24.5 Å². The van der Waals surface area contributed by atoms with Crippen molar-refractivity contribution >= 4 is 5.91 Å². The molecule has 2 atom stereocenters. The smallest absolute Gasteiger partial charge is 0.224 e. The molecule has 3 aliphatic rings. The summed E-state index contributed by atoms with van der Waals surface area (Å²) in [5.74, 6) is 0.322. The van der Waals surface area contributed by atoms with Gasteiger partial charge in [0.25, 0.3) is 0 Å². The van der Waals surface area contributed by atoms with Crippen molar-refractivity contribution in [3.05, 3.63) is 48.3 Å². The number of hydrogen-bond donors (Lipinski definition) is 0. The average molecular weight is 396 g/mol. The minimum absolute atomic E-state index is 0.322. The van der Waals surface area contributed by atoms with Gasteiger partial charge < -0.3 is 9.64 Å². The van der Waals surface area contributed by atoms with Gasteiger partial charge in [-0.2, -0.15) is 5.10 Å². The van der Waals surface area contributed by atoms with Gasteiger partial charge in [-0.25, -0.2) is 4.68 Å². The number of benzene rings is 1. The summed E-state index contributed by atoms with van der Waals surface area (Å²) in [7, 11) is 0. The lowest BCUT2D eigenvalue weighted by Crippen LogP contribution is -2.44. The first kappa shape index (κ1) is 18.8. The molecule has 0 aliphatic carbocycles. The highest BCUT2D eigenvalue weighted by Crippen LogP contribution is 2.33. The van der Waals surface area contributed by atoms with Crippen molar-refractivity contribution in [1.29, 1.82) is 0 Å². The van der Waals surface area contributed by atoms with Crippen molar-refractivity contribution in [2.45, 2.75) is 31.5 Å². The van der Waals surface area contributed by atoms with Crippen molar-refractivity contribution in [2.75, 3.05) is 45.9 Å². The molecule has 1 amide bonds. The number of hydrogen-bond acceptors (Lipinski definition) is 5. The van der Waals surface area contributed by atoms with Crippen LogP contribution in [-0.4, -0.2) is 88.4 Å². The van der Waals surface area contributed by atoms with Crippen molar-refractivity contribution in [2.24, 2.45) is 0 Å². The minimum atomic E-state index is 0.322. The molecule has 1 aromatic heterocycles. The fourth-order valence-electron chi connectivity index (χ4n) is 5.02. The molecule has 0 spiro atoms. The van der Waals surface area contributed by atoms with Gasteiger partial charge in [-0.1, -0.05) is 12.1 Å². The molecule has 3 fully saturated rings. The summed E-state index contributed by atoms with van der Waals surface area (Å²) >= 11 is 0. The third kappa shape index (κ3) is 3.95. The summed E-state index contributed by atoms with van der Waals surface area (Å²) in [6, 6.07) is 11.2. The van der Waals surface area contributed by atoms with E-state index in [1.165, 1.54) is 5.56 Å². The number of carbonyl (C=O) groups is 1. The summed E-state index contributed by atoms with van der Waals surface area (Å²) < 4.78 is 7.32. The van der Waals surface area contributed by atoms with Gasteiger partial charge >= 0.3 is 0 Å². The number of nitrogens with zero attached hydrogens (tertiary/aromatic N) is 5. The van der Waals surface area contributed by atoms with Gasteiger partial charge in [-0.15, -0.1) is 0 Å². The number of fused-ring (bicyclic) bond motifs is 1. The molecule has 0 saturated carbocycles. The zero-order valence-electron chi connectivity index (χ0n) is 16.8. The van der Waals surface area contributed by atoms with E-state index in [2.05, 4.69) is 44.1 Å². The van der Waals surface area contributed by atoms with E-state index in [9.17, 15) is 4.79 Å². The molecule has 3 saturated heterocycles. The summed E-state index contributed by atoms with van der Waals surface area (Å²) in [5, 5.41) is 4.33. The Morgan fingerprint density at radius 3 is 2.79 bits per heavy atom. The number of amides is 1. The number of likely N-dealkylation sites (tertiary alicyclic amines) is 2. The Morgan fingerprint density at radius 2 is 1.97 bits per heavy atom. The molecule has 5 rings (SSSR count). The quantitative estimate of drug-likeness (QED) is 0.740. The van der Waals surface area contributed by atoms with Crippen LogP contribution < -0.4 is 0 Å². The topological polar surface area (TPSA) is 53.8 Å². The van der Waals surface area contributed by atoms with Crippen LogP contribution in [0, 0.1) is 0 Å². The Bertz CT molecular complexity index is 833. The molecule has 3 aliphatic heterocycles. The van der Waals surface area contributed by atoms with Crippen LogP contribution in [0.1, 0.15) is 18.4 Å². The Balaban J connectivity index is 1.22. The van der Waals surface area contributed by atoms with Gasteiger partial charge in [0.2, 0.25) is 5.91 Å². The van der Waals surface area contributed by atoms with Crippen LogP contribution in [0.4, 0.5) is 0 Å². The van der Waals surface area contributed by atoms with Gasteiger partial charge in [0, 0.05) is 70.2 Å². The van der Waals surface area contributed by atoms with Crippen LogP contribution in [0.2, 0.25) is 0 Å². The Kier molecular flexibility index (Phi) is 5.35. The maximum Gasteiger partial charge on any atom is 0.224 e. The molecule has 0 bridgehead atoms. The maximum absolute atomic E-state index is 12.7. The van der Waals surface area contributed by atoms with E-state index in [-0.39, 0.29) is 0 Å². The number of morpholine rings is 1. The minimum Gasteiger partial charge on any atom is -0.379 e. The largest absolute Gasteiger partial charge is 0.379 e. The molecular formula is C22H29N5O2. The normalized spacial score (nSPS) is 25.7. The van der Waals surface area contributed by atoms with E-state index in [4.69, 9.17) is 4.74 Å². The van der Waals surface area contributed by atoms with E-state index in [0.29, 0.717) is 24.4 Å². The summed E-state index contributed by atoms with van der Waals surface area (Å²) in [4.78, 5) is 19.8. The third-order valence-corrected chi connectivity index (χ3v) is 6.56. The predicted octanol–water partition coefficient (Wildman–Crippen LogP) is 1.38. The second-order valence-electron chi connectivity index (χ2n) is 8.26. The van der Waals surface area contributed by atoms with Gasteiger partial charge in [-0.05, 0) is 30.2 Å². The Labute approximate surface area is 171 Å². The lowest BCUT2D eigenvalue weighted by molar-refractivity contribution is -0.129. The van der Waals surface area contributed by atoms with Crippen LogP contribution in [0.5, 0.6) is 0 Å². The van der Waals surface area contributed by atoms with Crippen LogP contribution in [-0.2, 0) is 16.1 Å². The van der Waals surface area contributed by atoms with Crippen LogP contribution >= 0.6 is 0 Å². The third-order valence-electron chi connectivity index (χ3n) is 6.56. The van der Waals surface area contributed by atoms with Gasteiger partial charge in [0.1, 0.15) is 0 Å². The van der Waals surface area contributed by atoms with E-state index in [1.807, 2.05) is 16.9 Å². The van der Waals surface area contributed by atoms with E-state index in [0.717, 1.165) is 64.6 Å². The fourth-order valence-corrected chi connectivity index (χ4v) is 5.02. The SMILES string of the molecule is O=C1C[C@H]2[C@H](CCN2Cc2cccc(-n3cccn3)c2)N1CCN1CCOCC1. The Hall–Kier alpha value is -2.22. The standard InChI is InChI=1S/C22H29N5O2/c28-22-16-21-20(26(22)10-9-24-11-13-29-14-12-24)5-8-25(21)17-18-3-1-4-19(15-18)27-7-2-6-23-27/h1-4,6-7,15,20-21H,5,8-14,16-17H2/t20-,21-/m0/s1. The average Bonchev–Trinajstić information content (AvgIpc) is 3.47. The molecule has 4 heterocycles. The number of ether oxygens (including phenoxy) is 1. The second-order valence-corrected chi connectivity index (χ2v) is 8.26. The van der Waals surface area contributed by atoms with Crippen LogP contribution in [0.25, 0.3) is 5.69 Å². The first-order chi connectivity index (χ1) is 14.3. The lowest BCUT2D eigenvalue weighted by Gasteiger charge is -2.30. The van der Waals surface area contributed by atoms with Gasteiger partial charge in [-0.3, -0.25) is 14.6 Å². The van der Waals surface area contributed by atoms with Gasteiger partial charge in [0.05, 0.1) is 18.9 Å². The highest BCUT2D eigenvalue weighted by Gasteiger charge is 2.46. The van der Waals surface area contributed by atoms with Crippen LogP contribution in [0.15, 0.2) is 42.7 Å². The number of aromatic nitrogens is 2. The molecule has 7 nitrogen and oxygen atoms in total. The summed E-state index contributed by atoms with van der Waals surface area (Å²) in [6.45, 7) is 7.34. The predicted molar refractivity (Wildman–Crippen MR) is 110 cm³/mol. The lowest BCUT2D eigenvalue weighted by atomic mass is 10.1. The molecule has 29 heavy (non-hydrogen) atoms. The molecular weight excluding hydrogens is 366 g/mol. The summed E-state index contributed by atoms with van der Waals surface area (Å²) in [5.41, 5.74) is 2.36. The Morgan fingerprint density at radius 1 is 1.07 bits per heavy atom. The molecule has 7 heteroatoms. The fraction of sp³-hybridized carbons (Fsp3) is 0.545. The molecule has 0 unspecified atom stereocenters. The van der Waals surface area contributed by atoms with E-state index < -0.39 is 0 Å². The molecule has 0 N–H and O–H groups in total. The number of rotatable bonds is 6. The first-order valence-corrected chi connectivity index (χ1v) is 10.7. The zero-order valence-corrected chi connectivity index (χ0v) is 16.8. The highest BCUT2D eigenvalue weighted by molar-refractivity contribution is 5.80. The molecule has 0 radical (unpaired) electrons. The van der Waals surface area contributed by atoms with Crippen molar-refractivity contribution in [3.8, 4) is 5.69 Å². The molecule has 154 valence electrons. The van der Waals surface area contributed by atoms with Gasteiger partial charge in [0.15, 0.2) is 0 Å². The summed E-state index contributed by atoms with van der Waals surface area (Å²) in [6.07, 6.45) is 5.51. The highest BCUT2D eigenvalue weighted by atomic mass is 16.5. The first-order valence-electron chi connectivity index (χ1n) is 10.7. The van der Waals surface area contributed by atoms with Crippen molar-refractivity contribution < 1.29 is 9.53 Å². The molecule has 1 aromatic carbocycles.